The maximum absolute atomic E-state index is 12.6. The summed E-state index contributed by atoms with van der Waals surface area (Å²) in [5.41, 5.74) is 1.04. The number of amides is 1. The molecular formula is C21H29ClN2OS. The Morgan fingerprint density at radius 2 is 2.00 bits per heavy atom. The number of anilines is 1. The van der Waals surface area contributed by atoms with Gasteiger partial charge in [0.2, 0.25) is 5.91 Å². The Bertz CT molecular complexity index is 662. The number of para-hydroxylation sites is 1. The van der Waals surface area contributed by atoms with E-state index in [4.69, 9.17) is 0 Å². The summed E-state index contributed by atoms with van der Waals surface area (Å²) in [6, 6.07) is 14.8. The van der Waals surface area contributed by atoms with Gasteiger partial charge < -0.3 is 9.80 Å². The van der Waals surface area contributed by atoms with Crippen LogP contribution in [0.1, 0.15) is 31.6 Å². The zero-order valence-corrected chi connectivity index (χ0v) is 17.3. The van der Waals surface area contributed by atoms with Crippen LogP contribution in [0.4, 0.5) is 5.69 Å². The molecule has 1 aromatic heterocycles. The van der Waals surface area contributed by atoms with Gasteiger partial charge in [0.1, 0.15) is 0 Å². The molecule has 26 heavy (non-hydrogen) atoms. The molecule has 0 radical (unpaired) electrons. The van der Waals surface area contributed by atoms with Gasteiger partial charge in [-0.25, -0.2) is 0 Å². The standard InChI is InChI=1S/C21H28N2OS.ClH/c1-3-21(24)23(18-8-5-4-6-9-18)20-12-14-22(16-17(20)2)13-11-19-10-7-15-25-19;/h4-10,15,17,20H,3,11-14,16H2,1-2H3;1H/t17-,20-;/m1./s1. The molecule has 1 aromatic carbocycles. The van der Waals surface area contributed by atoms with Crippen LogP contribution in [0.2, 0.25) is 0 Å². The van der Waals surface area contributed by atoms with Crippen LogP contribution in [0, 0.1) is 5.92 Å². The molecule has 3 nitrogen and oxygen atoms in total. The summed E-state index contributed by atoms with van der Waals surface area (Å²) in [6.07, 6.45) is 2.73. The Morgan fingerprint density at radius 3 is 2.62 bits per heavy atom. The van der Waals surface area contributed by atoms with Crippen LogP contribution in [0.25, 0.3) is 0 Å². The molecule has 0 bridgehead atoms. The monoisotopic (exact) mass is 392 g/mol. The number of rotatable bonds is 6. The highest BCUT2D eigenvalue weighted by Crippen LogP contribution is 2.28. The summed E-state index contributed by atoms with van der Waals surface area (Å²) in [7, 11) is 0. The van der Waals surface area contributed by atoms with E-state index in [1.807, 2.05) is 36.5 Å². The molecule has 0 unspecified atom stereocenters. The minimum absolute atomic E-state index is 0. The highest BCUT2D eigenvalue weighted by Gasteiger charge is 2.33. The third-order valence-corrected chi connectivity index (χ3v) is 6.07. The SMILES string of the molecule is CCC(=O)N(c1ccccc1)[C@@H]1CCN(CCc2cccs2)C[C@H]1C.Cl. The Kier molecular flexibility index (Phi) is 8.14. The number of carbonyl (C=O) groups excluding carboxylic acids is 1. The molecule has 1 fully saturated rings. The first kappa shape index (κ1) is 20.9. The van der Waals surface area contributed by atoms with E-state index < -0.39 is 0 Å². The molecule has 1 aliphatic heterocycles. The highest BCUT2D eigenvalue weighted by molar-refractivity contribution is 7.09. The molecule has 2 atom stereocenters. The molecule has 5 heteroatoms. The lowest BCUT2D eigenvalue weighted by Gasteiger charge is -2.42. The fourth-order valence-electron chi connectivity index (χ4n) is 3.81. The predicted octanol–water partition coefficient (Wildman–Crippen LogP) is 4.87. The van der Waals surface area contributed by atoms with Crippen molar-refractivity contribution in [3.8, 4) is 0 Å². The molecule has 2 aromatic rings. The van der Waals surface area contributed by atoms with Gasteiger partial charge in [0.15, 0.2) is 0 Å². The van der Waals surface area contributed by atoms with Gasteiger partial charge in [-0.05, 0) is 42.3 Å². The molecule has 0 spiro atoms. The topological polar surface area (TPSA) is 23.6 Å². The summed E-state index contributed by atoms with van der Waals surface area (Å²) in [4.78, 5) is 18.7. The van der Waals surface area contributed by atoms with Gasteiger partial charge in [0.05, 0.1) is 0 Å². The number of halogens is 1. The molecule has 142 valence electrons. The second-order valence-corrected chi connectivity index (χ2v) is 7.95. The zero-order valence-electron chi connectivity index (χ0n) is 15.6. The minimum atomic E-state index is 0. The Morgan fingerprint density at radius 1 is 1.23 bits per heavy atom. The number of piperidine rings is 1. The summed E-state index contributed by atoms with van der Waals surface area (Å²) >= 11 is 1.84. The summed E-state index contributed by atoms with van der Waals surface area (Å²) in [6.45, 7) is 7.50. The van der Waals surface area contributed by atoms with Gasteiger partial charge in [-0.15, -0.1) is 23.7 Å². The van der Waals surface area contributed by atoms with Crippen LogP contribution in [-0.2, 0) is 11.2 Å². The molecule has 3 rings (SSSR count). The normalized spacial score (nSPS) is 20.4. The fraction of sp³-hybridized carbons (Fsp3) is 0.476. The Hall–Kier alpha value is -1.36. The molecule has 2 heterocycles. The van der Waals surface area contributed by atoms with E-state index in [9.17, 15) is 4.79 Å². The average Bonchev–Trinajstić information content (AvgIpc) is 3.16. The Balaban J connectivity index is 0.00000243. The van der Waals surface area contributed by atoms with Gasteiger partial charge in [-0.1, -0.05) is 38.1 Å². The summed E-state index contributed by atoms with van der Waals surface area (Å²) < 4.78 is 0. The van der Waals surface area contributed by atoms with Crippen LogP contribution in [0.3, 0.4) is 0 Å². The number of hydrogen-bond donors (Lipinski definition) is 0. The Labute approximate surface area is 167 Å². The molecular weight excluding hydrogens is 364 g/mol. The third-order valence-electron chi connectivity index (χ3n) is 5.14. The van der Waals surface area contributed by atoms with E-state index in [-0.39, 0.29) is 18.3 Å². The summed E-state index contributed by atoms with van der Waals surface area (Å²) in [5, 5.41) is 2.15. The quantitative estimate of drug-likeness (QED) is 0.700. The second-order valence-electron chi connectivity index (χ2n) is 6.92. The molecule has 0 aliphatic carbocycles. The average molecular weight is 393 g/mol. The maximum Gasteiger partial charge on any atom is 0.226 e. The van der Waals surface area contributed by atoms with Crippen LogP contribution < -0.4 is 4.90 Å². The highest BCUT2D eigenvalue weighted by atomic mass is 35.5. The zero-order chi connectivity index (χ0) is 17.6. The molecule has 1 aliphatic rings. The van der Waals surface area contributed by atoms with E-state index in [0.717, 1.165) is 38.2 Å². The maximum atomic E-state index is 12.6. The van der Waals surface area contributed by atoms with Crippen molar-refractivity contribution in [1.82, 2.24) is 4.90 Å². The van der Waals surface area contributed by atoms with Crippen LogP contribution in [0.5, 0.6) is 0 Å². The lowest BCUT2D eigenvalue weighted by Crippen LogP contribution is -2.52. The van der Waals surface area contributed by atoms with Crippen LogP contribution >= 0.6 is 23.7 Å². The fourth-order valence-corrected chi connectivity index (χ4v) is 4.51. The van der Waals surface area contributed by atoms with Crippen molar-refractivity contribution in [2.24, 2.45) is 5.92 Å². The van der Waals surface area contributed by atoms with E-state index in [1.54, 1.807) is 0 Å². The number of thiophene rings is 1. The lowest BCUT2D eigenvalue weighted by molar-refractivity contribution is -0.119. The minimum Gasteiger partial charge on any atom is -0.309 e. The number of hydrogen-bond acceptors (Lipinski definition) is 3. The van der Waals surface area contributed by atoms with Crippen molar-refractivity contribution in [2.75, 3.05) is 24.5 Å². The first-order valence-corrected chi connectivity index (χ1v) is 10.2. The van der Waals surface area contributed by atoms with Crippen molar-refractivity contribution in [1.29, 1.82) is 0 Å². The van der Waals surface area contributed by atoms with Crippen molar-refractivity contribution >= 4 is 35.3 Å². The van der Waals surface area contributed by atoms with Gasteiger partial charge in [-0.2, -0.15) is 0 Å². The smallest absolute Gasteiger partial charge is 0.226 e. The van der Waals surface area contributed by atoms with Gasteiger partial charge >= 0.3 is 0 Å². The first-order chi connectivity index (χ1) is 12.2. The van der Waals surface area contributed by atoms with E-state index >= 15 is 0 Å². The second kappa shape index (κ2) is 10.1. The van der Waals surface area contributed by atoms with Gasteiger partial charge in [0, 0.05) is 42.7 Å². The lowest BCUT2D eigenvalue weighted by atomic mass is 9.91. The van der Waals surface area contributed by atoms with Crippen molar-refractivity contribution < 1.29 is 4.79 Å². The van der Waals surface area contributed by atoms with E-state index in [2.05, 4.69) is 46.4 Å². The number of nitrogens with zero attached hydrogens (tertiary/aromatic N) is 2. The number of likely N-dealkylation sites (tertiary alicyclic amines) is 1. The van der Waals surface area contributed by atoms with Crippen LogP contribution in [-0.4, -0.2) is 36.5 Å². The third kappa shape index (κ3) is 5.09. The van der Waals surface area contributed by atoms with Crippen molar-refractivity contribution in [2.45, 2.75) is 39.2 Å². The molecule has 1 saturated heterocycles. The van der Waals surface area contributed by atoms with Crippen molar-refractivity contribution in [3.05, 3.63) is 52.7 Å². The molecule has 0 saturated carbocycles. The molecule has 1 amide bonds. The predicted molar refractivity (Wildman–Crippen MR) is 113 cm³/mol. The van der Waals surface area contributed by atoms with Crippen molar-refractivity contribution in [3.63, 3.8) is 0 Å². The van der Waals surface area contributed by atoms with Crippen LogP contribution in [0.15, 0.2) is 47.8 Å². The number of benzene rings is 1. The summed E-state index contributed by atoms with van der Waals surface area (Å²) in [5.74, 6) is 0.711. The van der Waals surface area contributed by atoms with E-state index in [1.165, 1.54) is 4.88 Å². The first-order valence-electron chi connectivity index (χ1n) is 9.31. The number of carbonyl (C=O) groups is 1. The van der Waals surface area contributed by atoms with E-state index in [0.29, 0.717) is 18.4 Å². The van der Waals surface area contributed by atoms with Gasteiger partial charge in [0.25, 0.3) is 0 Å². The molecule has 0 N–H and O–H groups in total. The largest absolute Gasteiger partial charge is 0.309 e. The van der Waals surface area contributed by atoms with Gasteiger partial charge in [-0.3, -0.25) is 4.79 Å².